The smallest absolute Gasteiger partial charge is 0.242 e. The molecule has 3 rings (SSSR count). The van der Waals surface area contributed by atoms with Crippen LogP contribution >= 0.6 is 11.8 Å². The van der Waals surface area contributed by atoms with E-state index in [1.54, 1.807) is 19.2 Å². The van der Waals surface area contributed by atoms with Gasteiger partial charge in [-0.15, -0.1) is 5.10 Å². The highest BCUT2D eigenvalue weighted by molar-refractivity contribution is 8.00. The Kier molecular flexibility index (Phi) is 5.20. The molecule has 128 valence electrons. The van der Waals surface area contributed by atoms with Gasteiger partial charge in [0.15, 0.2) is 0 Å². The molecule has 1 amide bonds. The summed E-state index contributed by atoms with van der Waals surface area (Å²) in [6, 6.07) is 16.6. The SMILES string of the molecule is COc1cccc(NC(=O)C(Sc2n[nH]c(N)n2)c2ccccc2)c1. The van der Waals surface area contributed by atoms with Crippen molar-refractivity contribution in [3.63, 3.8) is 0 Å². The number of nitrogens with zero attached hydrogens (tertiary/aromatic N) is 2. The molecule has 1 heterocycles. The number of benzene rings is 2. The van der Waals surface area contributed by atoms with Gasteiger partial charge in [0.1, 0.15) is 11.0 Å². The minimum atomic E-state index is -0.525. The van der Waals surface area contributed by atoms with Crippen molar-refractivity contribution >= 4 is 29.3 Å². The third-order valence-corrected chi connectivity index (χ3v) is 4.50. The first kappa shape index (κ1) is 16.8. The monoisotopic (exact) mass is 355 g/mol. The van der Waals surface area contributed by atoms with Crippen LogP contribution < -0.4 is 15.8 Å². The van der Waals surface area contributed by atoms with E-state index >= 15 is 0 Å². The number of aromatic nitrogens is 3. The molecule has 3 aromatic rings. The summed E-state index contributed by atoms with van der Waals surface area (Å²) in [6.45, 7) is 0. The van der Waals surface area contributed by atoms with Crippen molar-refractivity contribution in [1.29, 1.82) is 0 Å². The Morgan fingerprint density at radius 1 is 1.24 bits per heavy atom. The van der Waals surface area contributed by atoms with Gasteiger partial charge in [-0.3, -0.25) is 4.79 Å². The Hall–Kier alpha value is -3.00. The molecular formula is C17H17N5O2S. The van der Waals surface area contributed by atoms with E-state index in [2.05, 4.69) is 20.5 Å². The van der Waals surface area contributed by atoms with Crippen LogP contribution in [0, 0.1) is 0 Å². The Labute approximate surface area is 149 Å². The molecule has 1 atom stereocenters. The first-order valence-electron chi connectivity index (χ1n) is 7.50. The Morgan fingerprint density at radius 3 is 2.72 bits per heavy atom. The van der Waals surface area contributed by atoms with E-state index in [4.69, 9.17) is 10.5 Å². The first-order valence-corrected chi connectivity index (χ1v) is 8.38. The number of methoxy groups -OCH3 is 1. The van der Waals surface area contributed by atoms with E-state index in [9.17, 15) is 4.79 Å². The van der Waals surface area contributed by atoms with Crippen molar-refractivity contribution in [2.24, 2.45) is 0 Å². The van der Waals surface area contributed by atoms with Gasteiger partial charge in [0.2, 0.25) is 17.0 Å². The van der Waals surface area contributed by atoms with Crippen LogP contribution in [0.3, 0.4) is 0 Å². The van der Waals surface area contributed by atoms with Crippen LogP contribution in [0.5, 0.6) is 5.75 Å². The van der Waals surface area contributed by atoms with E-state index in [0.717, 1.165) is 5.56 Å². The van der Waals surface area contributed by atoms with Gasteiger partial charge in [-0.25, -0.2) is 5.10 Å². The number of aromatic amines is 1. The van der Waals surface area contributed by atoms with Gasteiger partial charge in [-0.2, -0.15) is 4.98 Å². The van der Waals surface area contributed by atoms with Crippen LogP contribution in [0.1, 0.15) is 10.8 Å². The molecule has 0 spiro atoms. The van der Waals surface area contributed by atoms with Crippen LogP contribution in [0.2, 0.25) is 0 Å². The molecule has 4 N–H and O–H groups in total. The van der Waals surface area contributed by atoms with Crippen LogP contribution in [-0.2, 0) is 4.79 Å². The van der Waals surface area contributed by atoms with E-state index in [1.165, 1.54) is 11.8 Å². The number of anilines is 2. The zero-order valence-corrected chi connectivity index (χ0v) is 14.3. The van der Waals surface area contributed by atoms with Crippen molar-refractivity contribution < 1.29 is 9.53 Å². The molecule has 0 aliphatic carbocycles. The highest BCUT2D eigenvalue weighted by Gasteiger charge is 2.24. The van der Waals surface area contributed by atoms with Crippen molar-refractivity contribution in [2.45, 2.75) is 10.4 Å². The van der Waals surface area contributed by atoms with E-state index in [-0.39, 0.29) is 11.9 Å². The van der Waals surface area contributed by atoms with Crippen molar-refractivity contribution in [3.8, 4) is 5.75 Å². The summed E-state index contributed by atoms with van der Waals surface area (Å²) in [5.41, 5.74) is 7.06. The second kappa shape index (κ2) is 7.71. The lowest BCUT2D eigenvalue weighted by Gasteiger charge is -2.15. The summed E-state index contributed by atoms with van der Waals surface area (Å²) >= 11 is 1.22. The van der Waals surface area contributed by atoms with Crippen molar-refractivity contribution in [2.75, 3.05) is 18.2 Å². The standard InChI is InChI=1S/C17H17N5O2S/c1-24-13-9-5-8-12(10-13)19-15(23)14(11-6-3-2-4-7-11)25-17-20-16(18)21-22-17/h2-10,14H,1H3,(H,19,23)(H3,18,20,21,22). The molecule has 8 heteroatoms. The molecule has 2 aromatic carbocycles. The number of carbonyl (C=O) groups excluding carboxylic acids is 1. The summed E-state index contributed by atoms with van der Waals surface area (Å²) in [5.74, 6) is 0.693. The molecule has 0 fully saturated rings. The maximum absolute atomic E-state index is 12.9. The molecule has 1 aromatic heterocycles. The lowest BCUT2D eigenvalue weighted by Crippen LogP contribution is -2.19. The average molecular weight is 355 g/mol. The van der Waals surface area contributed by atoms with Gasteiger partial charge in [0, 0.05) is 11.8 Å². The summed E-state index contributed by atoms with van der Waals surface area (Å²) in [4.78, 5) is 16.9. The van der Waals surface area contributed by atoms with Gasteiger partial charge in [0.25, 0.3) is 0 Å². The highest BCUT2D eigenvalue weighted by Crippen LogP contribution is 2.34. The second-order valence-electron chi connectivity index (χ2n) is 5.13. The van der Waals surface area contributed by atoms with E-state index in [0.29, 0.717) is 16.6 Å². The fourth-order valence-electron chi connectivity index (χ4n) is 2.23. The number of H-pyrrole nitrogens is 1. The Balaban J connectivity index is 1.83. The largest absolute Gasteiger partial charge is 0.497 e. The molecule has 0 saturated heterocycles. The minimum absolute atomic E-state index is 0.187. The summed E-state index contributed by atoms with van der Waals surface area (Å²) in [6.07, 6.45) is 0. The van der Waals surface area contributed by atoms with Crippen LogP contribution in [-0.4, -0.2) is 28.2 Å². The highest BCUT2D eigenvalue weighted by atomic mass is 32.2. The Morgan fingerprint density at radius 2 is 2.04 bits per heavy atom. The molecule has 0 aliphatic heterocycles. The number of rotatable bonds is 6. The maximum Gasteiger partial charge on any atom is 0.242 e. The van der Waals surface area contributed by atoms with Gasteiger partial charge in [0.05, 0.1) is 7.11 Å². The number of carbonyl (C=O) groups is 1. The number of nitrogens with one attached hydrogen (secondary N) is 2. The number of thioether (sulfide) groups is 1. The molecular weight excluding hydrogens is 338 g/mol. The summed E-state index contributed by atoms with van der Waals surface area (Å²) in [5, 5.41) is 9.37. The van der Waals surface area contributed by atoms with Crippen LogP contribution in [0.15, 0.2) is 59.8 Å². The maximum atomic E-state index is 12.9. The number of hydrogen-bond donors (Lipinski definition) is 3. The number of ether oxygens (including phenoxy) is 1. The van der Waals surface area contributed by atoms with Crippen LogP contribution in [0.25, 0.3) is 0 Å². The molecule has 0 bridgehead atoms. The molecule has 1 unspecified atom stereocenters. The number of hydrogen-bond acceptors (Lipinski definition) is 6. The van der Waals surface area contributed by atoms with Gasteiger partial charge in [-0.05, 0) is 17.7 Å². The third-order valence-electron chi connectivity index (χ3n) is 3.38. The molecule has 0 radical (unpaired) electrons. The van der Waals surface area contributed by atoms with Crippen molar-refractivity contribution in [1.82, 2.24) is 15.2 Å². The summed E-state index contributed by atoms with van der Waals surface area (Å²) < 4.78 is 5.19. The molecule has 25 heavy (non-hydrogen) atoms. The normalized spacial score (nSPS) is 11.7. The Bertz CT molecular complexity index is 853. The lowest BCUT2D eigenvalue weighted by atomic mass is 10.1. The summed E-state index contributed by atoms with van der Waals surface area (Å²) in [7, 11) is 1.58. The zero-order chi connectivity index (χ0) is 17.6. The molecule has 7 nitrogen and oxygen atoms in total. The zero-order valence-electron chi connectivity index (χ0n) is 13.5. The molecule has 0 saturated carbocycles. The third kappa shape index (κ3) is 4.30. The topological polar surface area (TPSA) is 106 Å². The average Bonchev–Trinajstić information content (AvgIpc) is 3.05. The second-order valence-corrected chi connectivity index (χ2v) is 6.21. The number of amides is 1. The quantitative estimate of drug-likeness (QED) is 0.587. The van der Waals surface area contributed by atoms with E-state index < -0.39 is 5.25 Å². The number of nitrogens with two attached hydrogens (primary N) is 1. The first-order chi connectivity index (χ1) is 12.2. The lowest BCUT2D eigenvalue weighted by molar-refractivity contribution is -0.115. The van der Waals surface area contributed by atoms with Gasteiger partial charge < -0.3 is 15.8 Å². The fourth-order valence-corrected chi connectivity index (χ4v) is 3.15. The van der Waals surface area contributed by atoms with Crippen LogP contribution in [0.4, 0.5) is 11.6 Å². The predicted octanol–water partition coefficient (Wildman–Crippen LogP) is 2.87. The van der Waals surface area contributed by atoms with E-state index in [1.807, 2.05) is 42.5 Å². The molecule has 0 aliphatic rings. The fraction of sp³-hybridized carbons (Fsp3) is 0.118. The van der Waals surface area contributed by atoms with Crippen molar-refractivity contribution in [3.05, 3.63) is 60.2 Å². The predicted molar refractivity (Wildman–Crippen MR) is 97.5 cm³/mol. The van der Waals surface area contributed by atoms with Gasteiger partial charge >= 0.3 is 0 Å². The minimum Gasteiger partial charge on any atom is -0.497 e. The number of nitrogen functional groups attached to an aromatic ring is 1. The van der Waals surface area contributed by atoms with Gasteiger partial charge in [-0.1, -0.05) is 48.2 Å².